The van der Waals surface area contributed by atoms with Crippen LogP contribution in [-0.2, 0) is 4.74 Å². The van der Waals surface area contributed by atoms with Crippen LogP contribution in [0.15, 0.2) is 0 Å². The van der Waals surface area contributed by atoms with Crippen molar-refractivity contribution in [2.45, 2.75) is 20.8 Å². The van der Waals surface area contributed by atoms with Crippen molar-refractivity contribution < 1.29 is 9.53 Å². The average molecular weight is 227 g/mol. The number of hydrogen-bond donors (Lipinski definition) is 0. The number of carbonyl (C=O) groups excluding carboxylic acids is 1. The van der Waals surface area contributed by atoms with Gasteiger partial charge in [-0.3, -0.25) is 0 Å². The van der Waals surface area contributed by atoms with Crippen molar-refractivity contribution in [2.24, 2.45) is 0 Å². The molecular weight excluding hydrogens is 206 g/mol. The van der Waals surface area contributed by atoms with Crippen molar-refractivity contribution in [3.05, 3.63) is 0 Å². The molecule has 0 aromatic rings. The molecule has 1 aliphatic heterocycles. The highest BCUT2D eigenvalue weighted by Crippen LogP contribution is 2.02. The molecule has 0 bridgehead atoms. The molecule has 5 nitrogen and oxygen atoms in total. The number of carbonyl (C=O) groups is 1. The first-order valence-electron chi connectivity index (χ1n) is 5.79. The van der Waals surface area contributed by atoms with Gasteiger partial charge in [-0.1, -0.05) is 20.8 Å². The molecule has 1 rings (SSSR count). The van der Waals surface area contributed by atoms with Gasteiger partial charge in [0.25, 0.3) is 0 Å². The van der Waals surface area contributed by atoms with Crippen LogP contribution in [0.4, 0.5) is 4.79 Å². The zero-order valence-corrected chi connectivity index (χ0v) is 10.4. The summed E-state index contributed by atoms with van der Waals surface area (Å²) in [6.07, 6.45) is -0.373. The third kappa shape index (κ3) is 4.99. The molecule has 0 spiro atoms. The van der Waals surface area contributed by atoms with Gasteiger partial charge in [0, 0.05) is 26.2 Å². The smallest absolute Gasteiger partial charge is 0.410 e. The monoisotopic (exact) mass is 227 g/mol. The Balaban J connectivity index is 0.00000106. The van der Waals surface area contributed by atoms with Gasteiger partial charge in [-0.15, -0.1) is 0 Å². The normalized spacial score (nSPS) is 15.8. The molecule has 0 radical (unpaired) electrons. The van der Waals surface area contributed by atoms with Crippen LogP contribution in [0.25, 0.3) is 0 Å². The summed E-state index contributed by atoms with van der Waals surface area (Å²) in [4.78, 5) is 15.2. The zero-order valence-electron chi connectivity index (χ0n) is 10.4. The van der Waals surface area contributed by atoms with E-state index in [1.807, 2.05) is 13.8 Å². The van der Waals surface area contributed by atoms with Crippen LogP contribution in [-0.4, -0.2) is 55.2 Å². The van der Waals surface area contributed by atoms with Crippen molar-refractivity contribution in [1.82, 2.24) is 9.80 Å². The molecule has 1 amide bonds. The van der Waals surface area contributed by atoms with Gasteiger partial charge in [0.1, 0.15) is 6.07 Å². The Morgan fingerprint density at radius 3 is 2.31 bits per heavy atom. The molecule has 0 unspecified atom stereocenters. The Hall–Kier alpha value is -1.28. The SMILES string of the molecule is CC.CCN1CCN(C(=O)OCC#N)CC1. The zero-order chi connectivity index (χ0) is 12.4. The minimum atomic E-state index is -0.373. The van der Waals surface area contributed by atoms with Crippen molar-refractivity contribution in [3.8, 4) is 6.07 Å². The van der Waals surface area contributed by atoms with Crippen LogP contribution in [0.5, 0.6) is 0 Å². The molecule has 1 fully saturated rings. The molecule has 92 valence electrons. The Morgan fingerprint density at radius 1 is 1.31 bits per heavy atom. The molecule has 1 aliphatic rings. The second-order valence-electron chi connectivity index (χ2n) is 3.13. The molecule has 5 heteroatoms. The molecule has 16 heavy (non-hydrogen) atoms. The second kappa shape index (κ2) is 8.98. The summed E-state index contributed by atoms with van der Waals surface area (Å²) >= 11 is 0. The number of hydrogen-bond acceptors (Lipinski definition) is 4. The molecular formula is C11H21N3O2. The molecule has 0 aromatic carbocycles. The van der Waals surface area contributed by atoms with Gasteiger partial charge in [0.15, 0.2) is 6.61 Å². The molecule has 1 heterocycles. The van der Waals surface area contributed by atoms with Crippen molar-refractivity contribution in [2.75, 3.05) is 39.3 Å². The quantitative estimate of drug-likeness (QED) is 0.713. The average Bonchev–Trinajstić information content (AvgIpc) is 2.38. The largest absolute Gasteiger partial charge is 0.434 e. The highest BCUT2D eigenvalue weighted by atomic mass is 16.6. The van der Waals surface area contributed by atoms with Gasteiger partial charge in [-0.25, -0.2) is 4.79 Å². The van der Waals surface area contributed by atoms with Crippen LogP contribution in [0, 0.1) is 11.3 Å². The lowest BCUT2D eigenvalue weighted by molar-refractivity contribution is 0.0856. The van der Waals surface area contributed by atoms with Crippen molar-refractivity contribution >= 4 is 6.09 Å². The minimum Gasteiger partial charge on any atom is -0.434 e. The molecule has 1 saturated heterocycles. The van der Waals surface area contributed by atoms with Gasteiger partial charge >= 0.3 is 6.09 Å². The second-order valence-corrected chi connectivity index (χ2v) is 3.13. The lowest BCUT2D eigenvalue weighted by atomic mass is 10.3. The van der Waals surface area contributed by atoms with Crippen LogP contribution >= 0.6 is 0 Å². The minimum absolute atomic E-state index is 0.160. The summed E-state index contributed by atoms with van der Waals surface area (Å²) in [5.41, 5.74) is 0. The van der Waals surface area contributed by atoms with E-state index in [1.165, 1.54) is 0 Å². The summed E-state index contributed by atoms with van der Waals surface area (Å²) in [6.45, 7) is 10.1. The summed E-state index contributed by atoms with van der Waals surface area (Å²) < 4.78 is 4.71. The Morgan fingerprint density at radius 2 is 1.88 bits per heavy atom. The number of nitrogens with zero attached hydrogens (tertiary/aromatic N) is 3. The number of piperazine rings is 1. The Bertz CT molecular complexity index is 230. The van der Waals surface area contributed by atoms with E-state index in [2.05, 4.69) is 11.8 Å². The fourth-order valence-corrected chi connectivity index (χ4v) is 1.43. The fourth-order valence-electron chi connectivity index (χ4n) is 1.43. The van der Waals surface area contributed by atoms with E-state index in [0.717, 1.165) is 19.6 Å². The van der Waals surface area contributed by atoms with Crippen LogP contribution in [0.2, 0.25) is 0 Å². The Labute approximate surface area is 97.6 Å². The number of rotatable bonds is 2. The van der Waals surface area contributed by atoms with E-state index in [0.29, 0.717) is 13.1 Å². The third-order valence-corrected chi connectivity index (χ3v) is 2.34. The first-order chi connectivity index (χ1) is 7.77. The van der Waals surface area contributed by atoms with E-state index in [4.69, 9.17) is 10.00 Å². The maximum Gasteiger partial charge on any atom is 0.410 e. The van der Waals surface area contributed by atoms with Crippen molar-refractivity contribution in [3.63, 3.8) is 0 Å². The highest BCUT2D eigenvalue weighted by Gasteiger charge is 2.20. The van der Waals surface area contributed by atoms with Crippen LogP contribution < -0.4 is 0 Å². The molecule has 0 aliphatic carbocycles. The van der Waals surface area contributed by atoms with Gasteiger partial charge in [0.05, 0.1) is 0 Å². The first-order valence-corrected chi connectivity index (χ1v) is 5.79. The predicted molar refractivity (Wildman–Crippen MR) is 62.0 cm³/mol. The predicted octanol–water partition coefficient (Wildman–Crippen LogP) is 1.31. The van der Waals surface area contributed by atoms with E-state index < -0.39 is 0 Å². The van der Waals surface area contributed by atoms with Crippen LogP contribution in [0.3, 0.4) is 0 Å². The van der Waals surface area contributed by atoms with E-state index in [9.17, 15) is 4.79 Å². The highest BCUT2D eigenvalue weighted by molar-refractivity contribution is 5.67. The summed E-state index contributed by atoms with van der Waals surface area (Å²) in [5, 5.41) is 8.24. The lowest BCUT2D eigenvalue weighted by Gasteiger charge is -2.33. The van der Waals surface area contributed by atoms with Gasteiger partial charge < -0.3 is 14.5 Å². The maximum atomic E-state index is 11.3. The number of amides is 1. The summed E-state index contributed by atoms with van der Waals surface area (Å²) in [7, 11) is 0. The molecule has 0 atom stereocenters. The molecule has 0 saturated carbocycles. The summed E-state index contributed by atoms with van der Waals surface area (Å²) in [5.74, 6) is 0. The first kappa shape index (κ1) is 14.7. The van der Waals surface area contributed by atoms with E-state index in [1.54, 1.807) is 11.0 Å². The van der Waals surface area contributed by atoms with Gasteiger partial charge in [-0.2, -0.15) is 5.26 Å². The number of likely N-dealkylation sites (N-methyl/N-ethyl adjacent to an activating group) is 1. The standard InChI is InChI=1S/C9H15N3O2.C2H6/c1-2-11-4-6-12(7-5-11)9(13)14-8-3-10;1-2/h2,4-8H2,1H3;1-2H3. The van der Waals surface area contributed by atoms with E-state index >= 15 is 0 Å². The lowest BCUT2D eigenvalue weighted by Crippen LogP contribution is -2.48. The summed E-state index contributed by atoms with van der Waals surface area (Å²) in [6, 6.07) is 1.78. The number of nitriles is 1. The van der Waals surface area contributed by atoms with Gasteiger partial charge in [-0.05, 0) is 6.54 Å². The third-order valence-electron chi connectivity index (χ3n) is 2.34. The molecule has 0 N–H and O–H groups in total. The molecule has 0 aromatic heterocycles. The maximum absolute atomic E-state index is 11.3. The topological polar surface area (TPSA) is 56.6 Å². The van der Waals surface area contributed by atoms with Crippen LogP contribution in [0.1, 0.15) is 20.8 Å². The van der Waals surface area contributed by atoms with Crippen molar-refractivity contribution in [1.29, 1.82) is 5.26 Å². The van der Waals surface area contributed by atoms with E-state index in [-0.39, 0.29) is 12.7 Å². The number of ether oxygens (including phenoxy) is 1. The Kier molecular flexibility index (Phi) is 8.26. The fraction of sp³-hybridized carbons (Fsp3) is 0.818. The van der Waals surface area contributed by atoms with Gasteiger partial charge in [0.2, 0.25) is 0 Å².